The number of hydrogen-bond donors (Lipinski definition) is 1. The first-order chi connectivity index (χ1) is 17.7. The van der Waals surface area contributed by atoms with Crippen molar-refractivity contribution < 1.29 is 19.1 Å². The van der Waals surface area contributed by atoms with Crippen LogP contribution in [0.1, 0.15) is 61.8 Å². The van der Waals surface area contributed by atoms with Gasteiger partial charge in [-0.2, -0.15) is 0 Å². The molecular formula is C30H31Cl2NO4. The van der Waals surface area contributed by atoms with Crippen molar-refractivity contribution in [1.29, 1.82) is 0 Å². The van der Waals surface area contributed by atoms with Crippen LogP contribution < -0.4 is 10.1 Å². The largest absolute Gasteiger partial charge is 0.489 e. The van der Waals surface area contributed by atoms with Crippen LogP contribution in [-0.2, 0) is 20.9 Å². The fourth-order valence-electron chi connectivity index (χ4n) is 3.72. The number of nitrogens with one attached hydrogen (secondary N) is 1. The monoisotopic (exact) mass is 539 g/mol. The molecular weight excluding hydrogens is 509 g/mol. The van der Waals surface area contributed by atoms with Crippen LogP contribution in [-0.4, -0.2) is 18.5 Å². The third-order valence-corrected chi connectivity index (χ3v) is 6.43. The third kappa shape index (κ3) is 8.11. The van der Waals surface area contributed by atoms with Crippen molar-refractivity contribution in [2.24, 2.45) is 0 Å². The van der Waals surface area contributed by atoms with Crippen LogP contribution in [0.2, 0.25) is 10.0 Å². The number of carbonyl (C=O) groups excluding carboxylic acids is 2. The number of benzene rings is 3. The first kappa shape index (κ1) is 28.3. The molecule has 0 aliphatic rings. The average Bonchev–Trinajstić information content (AvgIpc) is 2.86. The lowest BCUT2D eigenvalue weighted by Crippen LogP contribution is -2.22. The second kappa shape index (κ2) is 13.3. The molecule has 5 nitrogen and oxygen atoms in total. The average molecular weight is 540 g/mol. The van der Waals surface area contributed by atoms with Gasteiger partial charge in [0.25, 0.3) is 5.91 Å². The lowest BCUT2D eigenvalue weighted by atomic mass is 9.92. The van der Waals surface area contributed by atoms with E-state index in [0.29, 0.717) is 15.8 Å². The van der Waals surface area contributed by atoms with Gasteiger partial charge in [0.05, 0.1) is 0 Å². The molecule has 3 aromatic rings. The Labute approximate surface area is 228 Å². The van der Waals surface area contributed by atoms with Crippen molar-refractivity contribution in [2.75, 3.05) is 11.9 Å². The smallest absolute Gasteiger partial charge is 0.331 e. The van der Waals surface area contributed by atoms with Crippen LogP contribution in [0.3, 0.4) is 0 Å². The summed E-state index contributed by atoms with van der Waals surface area (Å²) in [5.41, 5.74) is 4.39. The quantitative estimate of drug-likeness (QED) is 0.209. The molecule has 0 aliphatic heterocycles. The molecule has 3 aromatic carbocycles. The van der Waals surface area contributed by atoms with E-state index in [1.165, 1.54) is 6.08 Å². The van der Waals surface area contributed by atoms with Gasteiger partial charge in [0.2, 0.25) is 0 Å². The minimum atomic E-state index is -0.606. The van der Waals surface area contributed by atoms with Gasteiger partial charge >= 0.3 is 5.97 Å². The van der Waals surface area contributed by atoms with Gasteiger partial charge in [-0.05, 0) is 58.9 Å². The Bertz CT molecular complexity index is 1220. The van der Waals surface area contributed by atoms with Crippen LogP contribution in [0.15, 0.2) is 66.7 Å². The number of ether oxygens (including phenoxy) is 2. The number of rotatable bonds is 10. The summed E-state index contributed by atoms with van der Waals surface area (Å²) >= 11 is 12.3. The Hall–Kier alpha value is -3.28. The molecule has 0 fully saturated rings. The number of halogens is 2. The topological polar surface area (TPSA) is 64.6 Å². The number of esters is 1. The molecule has 37 heavy (non-hydrogen) atoms. The molecule has 0 heterocycles. The maximum atomic E-state index is 12.5. The summed E-state index contributed by atoms with van der Waals surface area (Å²) in [6.07, 6.45) is 2.90. The van der Waals surface area contributed by atoms with Gasteiger partial charge in [-0.3, -0.25) is 4.79 Å². The second-order valence-electron chi connectivity index (χ2n) is 9.17. The second-order valence-corrected chi connectivity index (χ2v) is 9.98. The lowest BCUT2D eigenvalue weighted by molar-refractivity contribution is -0.142. The van der Waals surface area contributed by atoms with Crippen LogP contribution in [0.25, 0.3) is 6.08 Å². The van der Waals surface area contributed by atoms with E-state index in [0.717, 1.165) is 27.9 Å². The molecule has 7 heteroatoms. The first-order valence-electron chi connectivity index (χ1n) is 12.1. The molecule has 0 saturated heterocycles. The summed E-state index contributed by atoms with van der Waals surface area (Å²) in [6.45, 7) is 8.17. The summed E-state index contributed by atoms with van der Waals surface area (Å²) in [4.78, 5) is 24.7. The highest BCUT2D eigenvalue weighted by atomic mass is 35.5. The predicted molar refractivity (Wildman–Crippen MR) is 150 cm³/mol. The molecule has 0 atom stereocenters. The van der Waals surface area contributed by atoms with Gasteiger partial charge in [0.1, 0.15) is 12.4 Å². The Morgan fingerprint density at radius 2 is 1.43 bits per heavy atom. The number of amides is 1. The summed E-state index contributed by atoms with van der Waals surface area (Å²) in [6, 6.07) is 18.5. The molecule has 0 bridgehead atoms. The Balaban J connectivity index is 1.52. The highest BCUT2D eigenvalue weighted by Gasteiger charge is 2.16. The van der Waals surface area contributed by atoms with Crippen LogP contribution in [0.5, 0.6) is 5.75 Å². The van der Waals surface area contributed by atoms with Gasteiger partial charge in [0, 0.05) is 27.4 Å². The lowest BCUT2D eigenvalue weighted by Gasteiger charge is -2.20. The maximum Gasteiger partial charge on any atom is 0.331 e. The number of anilines is 1. The number of para-hydroxylation sites is 1. The highest BCUT2D eigenvalue weighted by molar-refractivity contribution is 6.35. The van der Waals surface area contributed by atoms with E-state index in [1.807, 2.05) is 18.2 Å². The summed E-state index contributed by atoms with van der Waals surface area (Å²) in [7, 11) is 0. The highest BCUT2D eigenvalue weighted by Crippen LogP contribution is 2.32. The fourth-order valence-corrected chi connectivity index (χ4v) is 4.23. The number of carbonyl (C=O) groups is 2. The normalized spacial score (nSPS) is 11.2. The van der Waals surface area contributed by atoms with E-state index >= 15 is 0 Å². The Morgan fingerprint density at radius 1 is 0.865 bits per heavy atom. The van der Waals surface area contributed by atoms with Gasteiger partial charge in [-0.1, -0.05) is 87.3 Å². The molecule has 0 aliphatic carbocycles. The van der Waals surface area contributed by atoms with E-state index in [-0.39, 0.29) is 31.0 Å². The molecule has 0 spiro atoms. The van der Waals surface area contributed by atoms with Gasteiger partial charge in [0.15, 0.2) is 6.61 Å². The molecule has 0 saturated carbocycles. The molecule has 1 N–H and O–H groups in total. The molecule has 0 aromatic heterocycles. The summed E-state index contributed by atoms with van der Waals surface area (Å²) in [5, 5.41) is 4.03. The van der Waals surface area contributed by atoms with E-state index < -0.39 is 5.97 Å². The first-order valence-corrected chi connectivity index (χ1v) is 12.8. The Kier molecular flexibility index (Phi) is 10.2. The zero-order chi connectivity index (χ0) is 26.9. The standard InChI is InChI=1S/C30H31Cl2NO4/c1-19(2)23-7-5-8-24(20(3)4)30(23)33-28(34)18-37-29(35)16-13-21-11-14-22(15-12-21)36-17-25-26(31)9-6-10-27(25)32/h5-16,19-20H,17-18H2,1-4H3,(H,33,34). The zero-order valence-electron chi connectivity index (χ0n) is 21.4. The Morgan fingerprint density at radius 3 is 2.00 bits per heavy atom. The third-order valence-electron chi connectivity index (χ3n) is 5.72. The minimum Gasteiger partial charge on any atom is -0.489 e. The van der Waals surface area contributed by atoms with E-state index in [9.17, 15) is 9.59 Å². The van der Waals surface area contributed by atoms with Crippen LogP contribution in [0, 0.1) is 0 Å². The molecule has 1 amide bonds. The van der Waals surface area contributed by atoms with E-state index in [4.69, 9.17) is 32.7 Å². The number of hydrogen-bond acceptors (Lipinski definition) is 4. The zero-order valence-corrected chi connectivity index (χ0v) is 22.9. The maximum absolute atomic E-state index is 12.5. The minimum absolute atomic E-state index is 0.238. The molecule has 3 rings (SSSR count). The van der Waals surface area contributed by atoms with E-state index in [1.54, 1.807) is 48.5 Å². The predicted octanol–water partition coefficient (Wildman–Crippen LogP) is 8.01. The van der Waals surface area contributed by atoms with Crippen molar-refractivity contribution in [3.05, 3.63) is 99.0 Å². The fraction of sp³-hybridized carbons (Fsp3) is 0.267. The van der Waals surface area contributed by atoms with Crippen molar-refractivity contribution in [1.82, 2.24) is 0 Å². The van der Waals surface area contributed by atoms with Crippen LogP contribution in [0.4, 0.5) is 5.69 Å². The van der Waals surface area contributed by atoms with Gasteiger partial charge in [-0.25, -0.2) is 4.79 Å². The van der Waals surface area contributed by atoms with Gasteiger partial charge in [-0.15, -0.1) is 0 Å². The SMILES string of the molecule is CC(C)c1cccc(C(C)C)c1NC(=O)COC(=O)C=Cc1ccc(OCc2c(Cl)cccc2Cl)cc1. The van der Waals surface area contributed by atoms with Crippen molar-refractivity contribution in [2.45, 2.75) is 46.1 Å². The molecule has 0 radical (unpaired) electrons. The van der Waals surface area contributed by atoms with Gasteiger partial charge < -0.3 is 14.8 Å². The molecule has 194 valence electrons. The van der Waals surface area contributed by atoms with Crippen molar-refractivity contribution in [3.63, 3.8) is 0 Å². The summed E-state index contributed by atoms with van der Waals surface area (Å²) < 4.78 is 10.9. The summed E-state index contributed by atoms with van der Waals surface area (Å²) in [5.74, 6) is 0.132. The van der Waals surface area contributed by atoms with E-state index in [2.05, 4.69) is 33.0 Å². The van der Waals surface area contributed by atoms with Crippen LogP contribution >= 0.6 is 23.2 Å². The van der Waals surface area contributed by atoms with Crippen molar-refractivity contribution in [3.8, 4) is 5.75 Å². The molecule has 0 unspecified atom stereocenters. The van der Waals surface area contributed by atoms with Crippen molar-refractivity contribution >= 4 is 46.8 Å².